The summed E-state index contributed by atoms with van der Waals surface area (Å²) in [6, 6.07) is 1.82. The Morgan fingerprint density at radius 1 is 1.56 bits per heavy atom. The zero-order valence-corrected chi connectivity index (χ0v) is 9.48. The molecule has 1 aromatic heterocycles. The van der Waals surface area contributed by atoms with Crippen molar-refractivity contribution in [3.8, 4) is 0 Å². The van der Waals surface area contributed by atoms with E-state index in [0.29, 0.717) is 12.5 Å². The highest BCUT2D eigenvalue weighted by atomic mass is 15.3. The number of nitrogens with two attached hydrogens (primary N) is 1. The maximum Gasteiger partial charge on any atom is 0.206 e. The third kappa shape index (κ3) is 4.70. The van der Waals surface area contributed by atoms with Gasteiger partial charge < -0.3 is 5.32 Å². The summed E-state index contributed by atoms with van der Waals surface area (Å²) in [5, 5.41) is 3.11. The van der Waals surface area contributed by atoms with Gasteiger partial charge in [0.25, 0.3) is 0 Å². The molecule has 0 fully saturated rings. The van der Waals surface area contributed by atoms with Crippen molar-refractivity contribution in [2.75, 3.05) is 6.54 Å². The molecule has 0 radical (unpaired) electrons. The van der Waals surface area contributed by atoms with E-state index in [4.69, 9.17) is 5.84 Å². The number of aromatic nitrogens is 2. The Labute approximate surface area is 95.4 Å². The first-order valence-corrected chi connectivity index (χ1v) is 5.36. The molecule has 0 aliphatic heterocycles. The van der Waals surface area contributed by atoms with Crippen molar-refractivity contribution in [3.63, 3.8) is 0 Å². The summed E-state index contributed by atoms with van der Waals surface area (Å²) in [7, 11) is 0. The molecule has 0 aromatic carbocycles. The van der Waals surface area contributed by atoms with Crippen LogP contribution in [0.3, 0.4) is 0 Å². The van der Waals surface area contributed by atoms with Gasteiger partial charge in [0.2, 0.25) is 5.96 Å². The van der Waals surface area contributed by atoms with Gasteiger partial charge in [-0.1, -0.05) is 13.3 Å². The maximum absolute atomic E-state index is 5.34. The Morgan fingerprint density at radius 3 is 3.06 bits per heavy atom. The van der Waals surface area contributed by atoms with E-state index in [1.165, 1.54) is 6.33 Å². The van der Waals surface area contributed by atoms with Crippen LogP contribution in [0.25, 0.3) is 0 Å². The highest BCUT2D eigenvalue weighted by Crippen LogP contribution is 1.93. The topological polar surface area (TPSA) is 88.2 Å². The number of aliphatic imine (C=N–C) groups is 1. The Bertz CT molecular complexity index is 310. The molecule has 88 valence electrons. The van der Waals surface area contributed by atoms with Crippen LogP contribution in [-0.4, -0.2) is 22.5 Å². The van der Waals surface area contributed by atoms with Gasteiger partial charge in [-0.15, -0.1) is 0 Å². The monoisotopic (exact) mass is 222 g/mol. The fourth-order valence-electron chi connectivity index (χ4n) is 1.11. The van der Waals surface area contributed by atoms with E-state index in [2.05, 4.69) is 32.6 Å². The molecule has 6 heteroatoms. The van der Waals surface area contributed by atoms with E-state index < -0.39 is 0 Å². The fraction of sp³-hybridized carbons (Fsp3) is 0.500. The van der Waals surface area contributed by atoms with Gasteiger partial charge in [0.15, 0.2) is 0 Å². The Morgan fingerprint density at radius 2 is 2.44 bits per heavy atom. The largest absolute Gasteiger partial charge is 0.355 e. The van der Waals surface area contributed by atoms with Gasteiger partial charge in [-0.25, -0.2) is 20.8 Å². The number of hydrogen-bond donors (Lipinski definition) is 3. The molecule has 0 aliphatic carbocycles. The molecule has 0 atom stereocenters. The highest BCUT2D eigenvalue weighted by Gasteiger charge is 1.95. The first-order valence-electron chi connectivity index (χ1n) is 5.36. The molecule has 0 saturated carbocycles. The van der Waals surface area contributed by atoms with Crippen molar-refractivity contribution in [1.29, 1.82) is 0 Å². The minimum Gasteiger partial charge on any atom is -0.355 e. The summed E-state index contributed by atoms with van der Waals surface area (Å²) >= 11 is 0. The van der Waals surface area contributed by atoms with E-state index in [-0.39, 0.29) is 0 Å². The average molecular weight is 222 g/mol. The number of hydrogen-bond acceptors (Lipinski definition) is 4. The lowest BCUT2D eigenvalue weighted by Gasteiger charge is -2.07. The van der Waals surface area contributed by atoms with E-state index in [1.54, 1.807) is 6.20 Å². The lowest BCUT2D eigenvalue weighted by Crippen LogP contribution is -2.42. The van der Waals surface area contributed by atoms with Gasteiger partial charge in [0.1, 0.15) is 6.33 Å². The second-order valence-corrected chi connectivity index (χ2v) is 3.29. The number of hydrazine groups is 1. The summed E-state index contributed by atoms with van der Waals surface area (Å²) in [5.74, 6) is 5.93. The van der Waals surface area contributed by atoms with E-state index in [0.717, 1.165) is 25.1 Å². The molecule has 0 unspecified atom stereocenters. The zero-order chi connectivity index (χ0) is 11.6. The normalized spacial score (nSPS) is 11.2. The first-order chi connectivity index (χ1) is 7.86. The molecule has 1 aromatic rings. The van der Waals surface area contributed by atoms with E-state index in [1.807, 2.05) is 6.07 Å². The molecular formula is C10H18N6. The predicted molar refractivity (Wildman–Crippen MR) is 63.4 cm³/mol. The number of nitrogens with one attached hydrogen (secondary N) is 2. The molecular weight excluding hydrogens is 204 g/mol. The number of rotatable bonds is 5. The lowest BCUT2D eigenvalue weighted by molar-refractivity contribution is 0.731. The van der Waals surface area contributed by atoms with Crippen LogP contribution >= 0.6 is 0 Å². The molecule has 16 heavy (non-hydrogen) atoms. The second kappa shape index (κ2) is 7.58. The van der Waals surface area contributed by atoms with Gasteiger partial charge in [-0.05, 0) is 12.5 Å². The van der Waals surface area contributed by atoms with Crippen LogP contribution in [0.1, 0.15) is 25.5 Å². The highest BCUT2D eigenvalue weighted by molar-refractivity contribution is 5.79. The minimum atomic E-state index is 0.487. The summed E-state index contributed by atoms with van der Waals surface area (Å²) < 4.78 is 0. The molecule has 4 N–H and O–H groups in total. The summed E-state index contributed by atoms with van der Waals surface area (Å²) in [6.45, 7) is 3.49. The second-order valence-electron chi connectivity index (χ2n) is 3.29. The molecule has 0 spiro atoms. The average Bonchev–Trinajstić information content (AvgIpc) is 2.35. The number of guanidine groups is 1. The van der Waals surface area contributed by atoms with Gasteiger partial charge in [-0.2, -0.15) is 0 Å². The predicted octanol–water partition coefficient (Wildman–Crippen LogP) is 0.186. The van der Waals surface area contributed by atoms with Crippen LogP contribution in [-0.2, 0) is 6.54 Å². The van der Waals surface area contributed by atoms with Crippen LogP contribution in [0.15, 0.2) is 23.6 Å². The Kier molecular flexibility index (Phi) is 5.87. The molecule has 0 bridgehead atoms. The van der Waals surface area contributed by atoms with Crippen LogP contribution in [0.2, 0.25) is 0 Å². The minimum absolute atomic E-state index is 0.487. The first kappa shape index (κ1) is 12.4. The van der Waals surface area contributed by atoms with Crippen molar-refractivity contribution in [3.05, 3.63) is 24.3 Å². The molecule has 6 nitrogen and oxygen atoms in total. The third-order valence-electron chi connectivity index (χ3n) is 2.00. The summed E-state index contributed by atoms with van der Waals surface area (Å²) in [5.41, 5.74) is 3.39. The Hall–Kier alpha value is -1.69. The SMILES string of the molecule is CCCCNC(=NCc1ccncn1)NN. The zero-order valence-electron chi connectivity index (χ0n) is 9.48. The van der Waals surface area contributed by atoms with Gasteiger partial charge in [-0.3, -0.25) is 5.43 Å². The van der Waals surface area contributed by atoms with Gasteiger partial charge in [0, 0.05) is 12.7 Å². The maximum atomic E-state index is 5.34. The molecule has 0 saturated heterocycles. The smallest absolute Gasteiger partial charge is 0.206 e. The third-order valence-corrected chi connectivity index (χ3v) is 2.00. The van der Waals surface area contributed by atoms with Crippen molar-refractivity contribution in [1.82, 2.24) is 20.7 Å². The summed E-state index contributed by atoms with van der Waals surface area (Å²) in [6.07, 6.45) is 5.42. The van der Waals surface area contributed by atoms with Gasteiger partial charge >= 0.3 is 0 Å². The quantitative estimate of drug-likeness (QED) is 0.217. The van der Waals surface area contributed by atoms with Crippen molar-refractivity contribution < 1.29 is 0 Å². The number of unbranched alkanes of at least 4 members (excludes halogenated alkanes) is 1. The standard InChI is InChI=1S/C10H18N6/c1-2-3-5-13-10(16-11)14-7-9-4-6-12-8-15-9/h4,6,8H,2-3,5,7,11H2,1H3,(H2,13,14,16). The van der Waals surface area contributed by atoms with Crippen molar-refractivity contribution in [2.45, 2.75) is 26.3 Å². The van der Waals surface area contributed by atoms with Crippen LogP contribution in [0.4, 0.5) is 0 Å². The molecule has 0 aliphatic rings. The van der Waals surface area contributed by atoms with E-state index >= 15 is 0 Å². The fourth-order valence-corrected chi connectivity index (χ4v) is 1.11. The summed E-state index contributed by atoms with van der Waals surface area (Å²) in [4.78, 5) is 12.2. The van der Waals surface area contributed by atoms with Crippen LogP contribution in [0.5, 0.6) is 0 Å². The van der Waals surface area contributed by atoms with Crippen molar-refractivity contribution in [2.24, 2.45) is 10.8 Å². The number of nitrogens with zero attached hydrogens (tertiary/aromatic N) is 3. The molecule has 1 rings (SSSR count). The van der Waals surface area contributed by atoms with E-state index in [9.17, 15) is 0 Å². The van der Waals surface area contributed by atoms with Crippen LogP contribution < -0.4 is 16.6 Å². The molecule has 1 heterocycles. The van der Waals surface area contributed by atoms with Crippen molar-refractivity contribution >= 4 is 5.96 Å². The Balaban J connectivity index is 2.40. The van der Waals surface area contributed by atoms with Crippen LogP contribution in [0, 0.1) is 0 Å². The molecule has 0 amide bonds. The lowest BCUT2D eigenvalue weighted by atomic mass is 10.3. The van der Waals surface area contributed by atoms with Gasteiger partial charge in [0.05, 0.1) is 12.2 Å².